The van der Waals surface area contributed by atoms with Gasteiger partial charge in [0.25, 0.3) is 0 Å². The molecule has 0 aromatic carbocycles. The Hall–Kier alpha value is -0.220. The third-order valence-electron chi connectivity index (χ3n) is 1.80. The molecule has 0 heterocycles. The number of aliphatic hydroxyl groups is 1. The van der Waals surface area contributed by atoms with E-state index >= 15 is 0 Å². The fraction of sp³-hybridized carbons (Fsp3) is 0.875. The first-order valence-electron chi connectivity index (χ1n) is 4.44. The van der Waals surface area contributed by atoms with Gasteiger partial charge in [-0.25, -0.2) is 0 Å². The van der Waals surface area contributed by atoms with Gasteiger partial charge in [-0.3, -0.25) is 9.36 Å². The molecule has 0 bridgehead atoms. The van der Waals surface area contributed by atoms with Gasteiger partial charge in [-0.1, -0.05) is 0 Å². The first kappa shape index (κ1) is 13.8. The predicted molar refractivity (Wildman–Crippen MR) is 52.2 cm³/mol. The summed E-state index contributed by atoms with van der Waals surface area (Å²) in [5.41, 5.74) is 0. The molecule has 0 unspecified atom stereocenters. The Bertz CT molecular complexity index is 238. The van der Waals surface area contributed by atoms with Crippen molar-refractivity contribution < 1.29 is 23.5 Å². The van der Waals surface area contributed by atoms with Crippen LogP contribution < -0.4 is 0 Å². The van der Waals surface area contributed by atoms with Gasteiger partial charge < -0.3 is 14.2 Å². The van der Waals surface area contributed by atoms with Crippen molar-refractivity contribution in [2.45, 2.75) is 33.0 Å². The molecule has 6 heteroatoms. The molecule has 0 aliphatic rings. The zero-order valence-electron chi connectivity index (χ0n) is 8.94. The van der Waals surface area contributed by atoms with Gasteiger partial charge in [0.1, 0.15) is 0 Å². The summed E-state index contributed by atoms with van der Waals surface area (Å²) in [5.74, 6) is -0.636. The van der Waals surface area contributed by atoms with E-state index in [4.69, 9.17) is 9.05 Å². The lowest BCUT2D eigenvalue weighted by Gasteiger charge is -2.28. The maximum Gasteiger partial charge on any atom is 0.369 e. The largest absolute Gasteiger partial charge is 0.371 e. The summed E-state index contributed by atoms with van der Waals surface area (Å²) in [5, 5.41) is 7.64. The lowest BCUT2D eigenvalue weighted by molar-refractivity contribution is -0.128. The summed E-state index contributed by atoms with van der Waals surface area (Å²) in [6.45, 7) is 5.73. The van der Waals surface area contributed by atoms with Gasteiger partial charge in [-0.2, -0.15) is 0 Å². The van der Waals surface area contributed by atoms with Crippen molar-refractivity contribution in [3.05, 3.63) is 0 Å². The summed E-state index contributed by atoms with van der Waals surface area (Å²) in [7, 11) is -3.77. The first-order chi connectivity index (χ1) is 6.31. The second-order valence-electron chi connectivity index (χ2n) is 2.91. The molecule has 5 nitrogen and oxygen atoms in total. The fourth-order valence-electron chi connectivity index (χ4n) is 0.821. The maximum atomic E-state index is 12.0. The van der Waals surface area contributed by atoms with Gasteiger partial charge in [0.2, 0.25) is 5.34 Å². The lowest BCUT2D eigenvalue weighted by Crippen LogP contribution is -2.34. The van der Waals surface area contributed by atoms with Crippen LogP contribution in [-0.4, -0.2) is 29.4 Å². The van der Waals surface area contributed by atoms with E-state index in [0.29, 0.717) is 0 Å². The normalized spacial score (nSPS) is 16.4. The molecule has 0 aromatic rings. The Balaban J connectivity index is 4.99. The second-order valence-corrected chi connectivity index (χ2v) is 5.29. The van der Waals surface area contributed by atoms with Crippen molar-refractivity contribution in [3.63, 3.8) is 0 Å². The Morgan fingerprint density at radius 3 is 1.93 bits per heavy atom. The van der Waals surface area contributed by atoms with Crippen molar-refractivity contribution in [2.24, 2.45) is 0 Å². The minimum Gasteiger partial charge on any atom is -0.371 e. The average Bonchev–Trinajstić information content (AvgIpc) is 2.04. The average molecular weight is 224 g/mol. The highest BCUT2D eigenvalue weighted by molar-refractivity contribution is 7.56. The van der Waals surface area contributed by atoms with E-state index in [0.717, 1.165) is 13.8 Å². The van der Waals surface area contributed by atoms with Crippen molar-refractivity contribution in [2.75, 3.05) is 13.2 Å². The first-order valence-corrected chi connectivity index (χ1v) is 5.98. The zero-order chi connectivity index (χ0) is 11.4. The molecular formula is C8H17O5P. The minimum absolute atomic E-state index is 0.112. The predicted octanol–water partition coefficient (Wildman–Crippen LogP) is 1.55. The molecular weight excluding hydrogens is 207 g/mol. The summed E-state index contributed by atoms with van der Waals surface area (Å²) in [6.07, 6.45) is 0. The Morgan fingerprint density at radius 2 is 1.71 bits per heavy atom. The summed E-state index contributed by atoms with van der Waals surface area (Å²) in [6, 6.07) is 0. The lowest BCUT2D eigenvalue weighted by atomic mass is 10.3. The van der Waals surface area contributed by atoms with E-state index < -0.39 is 18.7 Å². The van der Waals surface area contributed by atoms with Gasteiger partial charge in [0.15, 0.2) is 5.78 Å². The third-order valence-corrected chi connectivity index (χ3v) is 4.38. The molecule has 0 rings (SSSR count). The molecule has 0 fully saturated rings. The van der Waals surface area contributed by atoms with Crippen LogP contribution in [0.15, 0.2) is 0 Å². The van der Waals surface area contributed by atoms with Gasteiger partial charge in [0.05, 0.1) is 13.2 Å². The summed E-state index contributed by atoms with van der Waals surface area (Å²) >= 11 is 0. The number of ketones is 1. The van der Waals surface area contributed by atoms with Crippen LogP contribution in [0.4, 0.5) is 0 Å². The van der Waals surface area contributed by atoms with Gasteiger partial charge >= 0.3 is 7.60 Å². The molecule has 0 spiro atoms. The monoisotopic (exact) mass is 224 g/mol. The molecule has 0 saturated carbocycles. The highest BCUT2D eigenvalue weighted by Gasteiger charge is 2.49. The molecule has 84 valence electrons. The number of Topliss-reactive ketones (excluding diaryl/α,β-unsaturated/α-hetero) is 1. The molecule has 0 aliphatic heterocycles. The summed E-state index contributed by atoms with van der Waals surface area (Å²) in [4.78, 5) is 11.1. The SMILES string of the molecule is CCOP(=O)(OCC)[C@@](C)(O)C(C)=O. The molecule has 1 atom stereocenters. The third kappa shape index (κ3) is 2.64. The Morgan fingerprint density at radius 1 is 1.36 bits per heavy atom. The number of carbonyl (C=O) groups excluding carboxylic acids is 1. The van der Waals surface area contributed by atoms with E-state index in [1.807, 2.05) is 0 Å². The van der Waals surface area contributed by atoms with Crippen LogP contribution in [0.25, 0.3) is 0 Å². The molecule has 1 N–H and O–H groups in total. The number of carbonyl (C=O) groups is 1. The van der Waals surface area contributed by atoms with Crippen molar-refractivity contribution in [1.29, 1.82) is 0 Å². The van der Waals surface area contributed by atoms with Crippen LogP contribution in [0, 0.1) is 0 Å². The van der Waals surface area contributed by atoms with Crippen LogP contribution in [0.2, 0.25) is 0 Å². The molecule has 0 amide bonds. The van der Waals surface area contributed by atoms with Crippen LogP contribution in [0.1, 0.15) is 27.7 Å². The highest BCUT2D eigenvalue weighted by atomic mass is 31.2. The molecule has 0 saturated heterocycles. The number of hydrogen-bond donors (Lipinski definition) is 1. The molecule has 0 aromatic heterocycles. The van der Waals surface area contributed by atoms with Crippen molar-refractivity contribution in [3.8, 4) is 0 Å². The highest BCUT2D eigenvalue weighted by Crippen LogP contribution is 2.58. The van der Waals surface area contributed by atoms with E-state index in [-0.39, 0.29) is 13.2 Å². The van der Waals surface area contributed by atoms with Gasteiger partial charge in [-0.15, -0.1) is 0 Å². The van der Waals surface area contributed by atoms with Gasteiger partial charge in [0, 0.05) is 0 Å². The summed E-state index contributed by atoms with van der Waals surface area (Å²) < 4.78 is 21.7. The maximum absolute atomic E-state index is 12.0. The minimum atomic E-state index is -3.77. The smallest absolute Gasteiger partial charge is 0.369 e. The Kier molecular flexibility index (Phi) is 4.95. The number of hydrogen-bond acceptors (Lipinski definition) is 5. The van der Waals surface area contributed by atoms with Crippen LogP contribution in [0.5, 0.6) is 0 Å². The van der Waals surface area contributed by atoms with Crippen LogP contribution in [-0.2, 0) is 18.4 Å². The molecule has 0 radical (unpaired) electrons. The Labute approximate surface area is 83.9 Å². The fourth-order valence-corrected chi connectivity index (χ4v) is 2.46. The standard InChI is InChI=1S/C8H17O5P/c1-5-12-14(11,13-6-2)8(4,10)7(3)9/h10H,5-6H2,1-4H3/t8-/m1/s1. The zero-order valence-corrected chi connectivity index (χ0v) is 9.84. The quantitative estimate of drug-likeness (QED) is 0.693. The van der Waals surface area contributed by atoms with Gasteiger partial charge in [-0.05, 0) is 27.7 Å². The molecule has 14 heavy (non-hydrogen) atoms. The topological polar surface area (TPSA) is 72.8 Å². The van der Waals surface area contributed by atoms with Crippen molar-refractivity contribution in [1.82, 2.24) is 0 Å². The van der Waals surface area contributed by atoms with E-state index in [2.05, 4.69) is 0 Å². The van der Waals surface area contributed by atoms with E-state index in [1.165, 1.54) is 0 Å². The number of rotatable bonds is 6. The molecule has 0 aliphatic carbocycles. The van der Waals surface area contributed by atoms with Crippen LogP contribution in [0.3, 0.4) is 0 Å². The van der Waals surface area contributed by atoms with E-state index in [1.54, 1.807) is 13.8 Å². The van der Waals surface area contributed by atoms with E-state index in [9.17, 15) is 14.5 Å². The second kappa shape index (κ2) is 5.03. The van der Waals surface area contributed by atoms with Crippen LogP contribution >= 0.6 is 7.60 Å². The van der Waals surface area contributed by atoms with Crippen molar-refractivity contribution >= 4 is 13.4 Å².